The summed E-state index contributed by atoms with van der Waals surface area (Å²) in [6.07, 6.45) is 0.0452. The van der Waals surface area contributed by atoms with Crippen LogP contribution in [0.25, 0.3) is 0 Å². The Morgan fingerprint density at radius 3 is 2.59 bits per heavy atom. The Morgan fingerprint density at radius 1 is 1.16 bits per heavy atom. The van der Waals surface area contributed by atoms with Crippen molar-refractivity contribution in [3.05, 3.63) is 63.7 Å². The Bertz CT molecular complexity index is 1110. The van der Waals surface area contributed by atoms with Gasteiger partial charge in [-0.05, 0) is 48.7 Å². The second kappa shape index (κ2) is 8.74. The minimum Gasteiger partial charge on any atom is -0.425 e. The molecule has 2 atom stereocenters. The summed E-state index contributed by atoms with van der Waals surface area (Å²) in [6.45, 7) is 0. The van der Waals surface area contributed by atoms with Crippen LogP contribution in [0.5, 0.6) is 0 Å². The van der Waals surface area contributed by atoms with Crippen LogP contribution in [0.15, 0.2) is 30.3 Å². The summed E-state index contributed by atoms with van der Waals surface area (Å²) in [4.78, 5) is 38.0. The third-order valence-electron chi connectivity index (χ3n) is 5.68. The molecule has 2 aliphatic rings. The number of carbonyl (C=O) groups excluding carboxylic acids is 3. The van der Waals surface area contributed by atoms with Crippen molar-refractivity contribution in [1.82, 2.24) is 10.2 Å². The number of ether oxygens (including phenoxy) is 1. The van der Waals surface area contributed by atoms with Crippen LogP contribution in [-0.2, 0) is 16.0 Å². The molecule has 1 heterocycles. The fourth-order valence-corrected chi connectivity index (χ4v) is 4.25. The third kappa shape index (κ3) is 4.25. The highest BCUT2D eigenvalue weighted by Crippen LogP contribution is 2.39. The van der Waals surface area contributed by atoms with Gasteiger partial charge in [0, 0.05) is 36.7 Å². The van der Waals surface area contributed by atoms with Gasteiger partial charge in [-0.15, -0.1) is 0 Å². The minimum atomic E-state index is -0.706. The molecule has 1 aliphatic carbocycles. The van der Waals surface area contributed by atoms with E-state index in [2.05, 4.69) is 10.6 Å². The number of carbonyl (C=O) groups is 3. The molecule has 0 radical (unpaired) electrons. The first kappa shape index (κ1) is 22.0. The van der Waals surface area contributed by atoms with E-state index in [0.717, 1.165) is 6.07 Å². The van der Waals surface area contributed by atoms with E-state index < -0.39 is 35.9 Å². The van der Waals surface area contributed by atoms with Crippen molar-refractivity contribution in [2.75, 3.05) is 12.4 Å². The number of fused-ring (bicyclic) bond motifs is 1. The SMILES string of the molecule is CN(C(=O)O[C@@H]1CCC(=O)N1)[C@H]1CCc2c(C(=O)Nc3ccc(F)c(Cl)c3)ccc(F)c21. The van der Waals surface area contributed by atoms with Gasteiger partial charge >= 0.3 is 6.09 Å². The van der Waals surface area contributed by atoms with E-state index in [1.807, 2.05) is 0 Å². The van der Waals surface area contributed by atoms with E-state index in [0.29, 0.717) is 30.5 Å². The lowest BCUT2D eigenvalue weighted by molar-refractivity contribution is -0.120. The van der Waals surface area contributed by atoms with Crippen molar-refractivity contribution in [3.8, 4) is 0 Å². The standard InChI is InChI=1S/C22H20ClF2N3O4/c1-28(22(31)32-19-9-8-18(29)27-19)17-7-4-12-13(3-6-16(25)20(12)17)21(30)26-11-2-5-15(24)14(23)10-11/h2-3,5-6,10,17,19H,4,7-9H2,1H3,(H,26,30)(H,27,29)/t17-,19+/m0/s1. The molecule has 0 unspecified atom stereocenters. The number of amides is 3. The van der Waals surface area contributed by atoms with Crippen molar-refractivity contribution in [2.24, 2.45) is 0 Å². The van der Waals surface area contributed by atoms with E-state index in [4.69, 9.17) is 16.3 Å². The van der Waals surface area contributed by atoms with Crippen LogP contribution in [-0.4, -0.2) is 36.1 Å². The number of halogens is 3. The average Bonchev–Trinajstić information content (AvgIpc) is 3.37. The van der Waals surface area contributed by atoms with E-state index >= 15 is 0 Å². The quantitative estimate of drug-likeness (QED) is 0.712. The molecule has 168 valence electrons. The van der Waals surface area contributed by atoms with Crippen molar-refractivity contribution in [1.29, 1.82) is 0 Å². The maximum Gasteiger partial charge on any atom is 0.411 e. The number of hydrogen-bond donors (Lipinski definition) is 2. The van der Waals surface area contributed by atoms with Crippen LogP contribution < -0.4 is 10.6 Å². The van der Waals surface area contributed by atoms with Gasteiger partial charge in [0.2, 0.25) is 5.91 Å². The molecule has 10 heteroatoms. The van der Waals surface area contributed by atoms with E-state index in [1.165, 1.54) is 36.2 Å². The molecular formula is C22H20ClF2N3O4. The molecule has 2 aromatic rings. The van der Waals surface area contributed by atoms with Gasteiger partial charge in [-0.2, -0.15) is 0 Å². The second-order valence-corrected chi connectivity index (χ2v) is 8.12. The number of benzene rings is 2. The predicted molar refractivity (Wildman–Crippen MR) is 112 cm³/mol. The van der Waals surface area contributed by atoms with E-state index in [9.17, 15) is 23.2 Å². The molecular weight excluding hydrogens is 444 g/mol. The lowest BCUT2D eigenvalue weighted by Crippen LogP contribution is -2.37. The van der Waals surface area contributed by atoms with Crippen LogP contribution in [0, 0.1) is 11.6 Å². The topological polar surface area (TPSA) is 87.7 Å². The van der Waals surface area contributed by atoms with Gasteiger partial charge in [0.15, 0.2) is 6.23 Å². The maximum atomic E-state index is 14.8. The molecule has 2 aromatic carbocycles. The summed E-state index contributed by atoms with van der Waals surface area (Å²) in [6, 6.07) is 5.73. The lowest BCUT2D eigenvalue weighted by Gasteiger charge is -2.26. The minimum absolute atomic E-state index is 0.134. The zero-order chi connectivity index (χ0) is 23.0. The average molecular weight is 464 g/mol. The molecule has 0 spiro atoms. The Hall–Kier alpha value is -3.20. The maximum absolute atomic E-state index is 14.8. The Morgan fingerprint density at radius 2 is 1.91 bits per heavy atom. The van der Waals surface area contributed by atoms with Crippen LogP contribution in [0.3, 0.4) is 0 Å². The number of hydrogen-bond acceptors (Lipinski definition) is 4. The molecule has 1 saturated heterocycles. The Labute approximate surface area is 187 Å². The van der Waals surface area contributed by atoms with Gasteiger partial charge in [0.25, 0.3) is 5.91 Å². The van der Waals surface area contributed by atoms with Crippen molar-refractivity contribution in [3.63, 3.8) is 0 Å². The van der Waals surface area contributed by atoms with Gasteiger partial charge in [-0.1, -0.05) is 11.6 Å². The normalized spacial score (nSPS) is 19.3. The second-order valence-electron chi connectivity index (χ2n) is 7.71. The smallest absolute Gasteiger partial charge is 0.411 e. The van der Waals surface area contributed by atoms with Crippen molar-refractivity contribution < 1.29 is 27.9 Å². The molecule has 4 rings (SSSR count). The molecule has 0 saturated carbocycles. The molecule has 0 aromatic heterocycles. The third-order valence-corrected chi connectivity index (χ3v) is 5.97. The lowest BCUT2D eigenvalue weighted by atomic mass is 10.0. The summed E-state index contributed by atoms with van der Waals surface area (Å²) in [7, 11) is 1.49. The largest absolute Gasteiger partial charge is 0.425 e. The van der Waals surface area contributed by atoms with Crippen LogP contribution in [0.4, 0.5) is 19.3 Å². The van der Waals surface area contributed by atoms with E-state index in [-0.39, 0.29) is 28.5 Å². The van der Waals surface area contributed by atoms with Crippen LogP contribution in [0.2, 0.25) is 5.02 Å². The number of nitrogens with one attached hydrogen (secondary N) is 2. The van der Waals surface area contributed by atoms with Gasteiger partial charge in [-0.25, -0.2) is 13.6 Å². The zero-order valence-corrected chi connectivity index (χ0v) is 17.8. The Kier molecular flexibility index (Phi) is 6.01. The fraction of sp³-hybridized carbons (Fsp3) is 0.318. The van der Waals surface area contributed by atoms with Crippen molar-refractivity contribution in [2.45, 2.75) is 38.0 Å². The first-order valence-electron chi connectivity index (χ1n) is 10.0. The summed E-state index contributed by atoms with van der Waals surface area (Å²) >= 11 is 5.76. The predicted octanol–water partition coefficient (Wildman–Crippen LogP) is 4.16. The highest BCUT2D eigenvalue weighted by molar-refractivity contribution is 6.31. The van der Waals surface area contributed by atoms with Crippen molar-refractivity contribution >= 4 is 35.2 Å². The van der Waals surface area contributed by atoms with Gasteiger partial charge < -0.3 is 20.3 Å². The van der Waals surface area contributed by atoms with Gasteiger partial charge in [0.1, 0.15) is 11.6 Å². The molecule has 1 fully saturated rings. The molecule has 0 bridgehead atoms. The molecule has 2 N–H and O–H groups in total. The summed E-state index contributed by atoms with van der Waals surface area (Å²) < 4.78 is 33.4. The molecule has 1 aliphatic heterocycles. The number of nitrogens with zero attached hydrogens (tertiary/aromatic N) is 1. The zero-order valence-electron chi connectivity index (χ0n) is 17.1. The molecule has 32 heavy (non-hydrogen) atoms. The molecule has 3 amide bonds. The number of rotatable bonds is 4. The first-order chi connectivity index (χ1) is 15.2. The highest BCUT2D eigenvalue weighted by Gasteiger charge is 2.36. The first-order valence-corrected chi connectivity index (χ1v) is 10.4. The number of anilines is 1. The molecule has 7 nitrogen and oxygen atoms in total. The Balaban J connectivity index is 1.54. The van der Waals surface area contributed by atoms with Crippen LogP contribution >= 0.6 is 11.6 Å². The summed E-state index contributed by atoms with van der Waals surface area (Å²) in [5, 5.41) is 5.05. The monoisotopic (exact) mass is 463 g/mol. The summed E-state index contributed by atoms with van der Waals surface area (Å²) in [5.74, 6) is -1.83. The van der Waals surface area contributed by atoms with Gasteiger partial charge in [0.05, 0.1) is 11.1 Å². The van der Waals surface area contributed by atoms with E-state index in [1.54, 1.807) is 0 Å². The van der Waals surface area contributed by atoms with Gasteiger partial charge in [-0.3, -0.25) is 9.59 Å². The van der Waals surface area contributed by atoms with Crippen LogP contribution in [0.1, 0.15) is 46.8 Å². The summed E-state index contributed by atoms with van der Waals surface area (Å²) in [5.41, 5.74) is 1.31. The highest BCUT2D eigenvalue weighted by atomic mass is 35.5. The fourth-order valence-electron chi connectivity index (χ4n) is 4.07.